The number of carbonyl (C=O) groups excluding carboxylic acids is 2. The van der Waals surface area contributed by atoms with Crippen LogP contribution in [0.1, 0.15) is 12.8 Å². The van der Waals surface area contributed by atoms with Crippen LogP contribution in [0.25, 0.3) is 0 Å². The molecule has 2 aromatic rings. The second-order valence-electron chi connectivity index (χ2n) is 5.63. The fourth-order valence-corrected chi connectivity index (χ4v) is 3.00. The molecule has 0 aliphatic carbocycles. The number of anilines is 2. The van der Waals surface area contributed by atoms with E-state index in [4.69, 9.17) is 0 Å². The van der Waals surface area contributed by atoms with Gasteiger partial charge in [-0.25, -0.2) is 4.79 Å². The number of carbonyl (C=O) groups is 2. The first-order valence-corrected chi connectivity index (χ1v) is 8.62. The molecule has 5 nitrogen and oxygen atoms in total. The first-order chi connectivity index (χ1) is 11.6. The van der Waals surface area contributed by atoms with Gasteiger partial charge in [0.1, 0.15) is 6.04 Å². The van der Waals surface area contributed by atoms with Crippen molar-refractivity contribution in [3.63, 3.8) is 0 Å². The molecule has 1 unspecified atom stereocenters. The van der Waals surface area contributed by atoms with Gasteiger partial charge >= 0.3 is 6.03 Å². The van der Waals surface area contributed by atoms with E-state index >= 15 is 0 Å². The maximum atomic E-state index is 12.7. The number of hydrogen-bond donors (Lipinski definition) is 2. The molecular weight excluding hydrogens is 370 g/mol. The topological polar surface area (TPSA) is 61.4 Å². The van der Waals surface area contributed by atoms with E-state index < -0.39 is 6.04 Å². The highest BCUT2D eigenvalue weighted by atomic mass is 79.9. The lowest BCUT2D eigenvalue weighted by atomic mass is 10.0. The van der Waals surface area contributed by atoms with Crippen molar-refractivity contribution in [3.05, 3.63) is 59.1 Å². The smallest absolute Gasteiger partial charge is 0.319 e. The Labute approximate surface area is 149 Å². The van der Waals surface area contributed by atoms with Crippen molar-refractivity contribution < 1.29 is 9.59 Å². The Hall–Kier alpha value is -2.34. The van der Waals surface area contributed by atoms with Crippen molar-refractivity contribution in [2.75, 3.05) is 16.8 Å². The van der Waals surface area contributed by atoms with E-state index in [0.717, 1.165) is 16.6 Å². The minimum Gasteiger partial charge on any atom is -0.326 e. The fourth-order valence-electron chi connectivity index (χ4n) is 2.73. The van der Waals surface area contributed by atoms with Crippen molar-refractivity contribution >= 4 is 39.2 Å². The molecule has 124 valence electrons. The van der Waals surface area contributed by atoms with E-state index in [1.807, 2.05) is 42.5 Å². The van der Waals surface area contributed by atoms with Gasteiger partial charge in [0.25, 0.3) is 0 Å². The number of hydrogen-bond acceptors (Lipinski definition) is 2. The second kappa shape index (κ2) is 7.49. The Morgan fingerprint density at radius 1 is 1.08 bits per heavy atom. The van der Waals surface area contributed by atoms with Crippen LogP contribution in [0, 0.1) is 0 Å². The van der Waals surface area contributed by atoms with Gasteiger partial charge < -0.3 is 15.5 Å². The molecule has 1 atom stereocenters. The van der Waals surface area contributed by atoms with E-state index in [1.54, 1.807) is 17.0 Å². The maximum absolute atomic E-state index is 12.7. The summed E-state index contributed by atoms with van der Waals surface area (Å²) >= 11 is 3.39. The van der Waals surface area contributed by atoms with Gasteiger partial charge in [-0.05, 0) is 49.2 Å². The number of amides is 3. The summed E-state index contributed by atoms with van der Waals surface area (Å²) in [5.41, 5.74) is 1.54. The van der Waals surface area contributed by atoms with Crippen LogP contribution >= 0.6 is 15.9 Å². The van der Waals surface area contributed by atoms with Crippen LogP contribution in [0.2, 0.25) is 0 Å². The van der Waals surface area contributed by atoms with Crippen LogP contribution in [0.3, 0.4) is 0 Å². The minimum atomic E-state index is -0.508. The number of nitrogens with one attached hydrogen (secondary N) is 2. The number of urea groups is 1. The predicted molar refractivity (Wildman–Crippen MR) is 98.1 cm³/mol. The summed E-state index contributed by atoms with van der Waals surface area (Å²) < 4.78 is 0.965. The van der Waals surface area contributed by atoms with E-state index in [9.17, 15) is 9.59 Å². The Morgan fingerprint density at radius 3 is 2.50 bits per heavy atom. The zero-order valence-electron chi connectivity index (χ0n) is 13.0. The predicted octanol–water partition coefficient (Wildman–Crippen LogP) is 3.77. The molecule has 3 amide bonds. The van der Waals surface area contributed by atoms with Gasteiger partial charge in [-0.15, -0.1) is 0 Å². The van der Waals surface area contributed by atoms with E-state index in [0.29, 0.717) is 18.7 Å². The second-order valence-corrected chi connectivity index (χ2v) is 6.54. The molecule has 1 saturated heterocycles. The number of para-hydroxylation sites is 1. The third-order valence-corrected chi connectivity index (χ3v) is 4.44. The monoisotopic (exact) mass is 387 g/mol. The van der Waals surface area contributed by atoms with Gasteiger partial charge in [0.15, 0.2) is 0 Å². The van der Waals surface area contributed by atoms with Crippen LogP contribution < -0.4 is 15.5 Å². The molecule has 0 radical (unpaired) electrons. The summed E-state index contributed by atoms with van der Waals surface area (Å²) in [4.78, 5) is 26.5. The Balaban J connectivity index is 1.64. The molecular formula is C18H18BrN3O2. The van der Waals surface area contributed by atoms with Crippen LogP contribution in [0.5, 0.6) is 0 Å². The molecule has 1 aliphatic heterocycles. The number of piperidine rings is 1. The van der Waals surface area contributed by atoms with Gasteiger partial charge in [-0.2, -0.15) is 0 Å². The van der Waals surface area contributed by atoms with E-state index in [-0.39, 0.29) is 11.9 Å². The lowest BCUT2D eigenvalue weighted by molar-refractivity contribution is -0.121. The average Bonchev–Trinajstić information content (AvgIpc) is 2.59. The zero-order valence-corrected chi connectivity index (χ0v) is 14.6. The number of nitrogens with zero attached hydrogens (tertiary/aromatic N) is 1. The molecule has 1 heterocycles. The van der Waals surface area contributed by atoms with Crippen molar-refractivity contribution in [3.8, 4) is 0 Å². The van der Waals surface area contributed by atoms with Crippen LogP contribution in [0.4, 0.5) is 16.2 Å². The number of benzene rings is 2. The summed E-state index contributed by atoms with van der Waals surface area (Å²) in [7, 11) is 0. The Bertz CT molecular complexity index is 719. The summed E-state index contributed by atoms with van der Waals surface area (Å²) in [6.07, 6.45) is 1.49. The van der Waals surface area contributed by atoms with E-state index in [2.05, 4.69) is 26.6 Å². The highest BCUT2D eigenvalue weighted by molar-refractivity contribution is 9.10. The average molecular weight is 388 g/mol. The lowest BCUT2D eigenvalue weighted by Gasteiger charge is -2.32. The molecule has 1 aliphatic rings. The molecule has 24 heavy (non-hydrogen) atoms. The van der Waals surface area contributed by atoms with Crippen molar-refractivity contribution in [1.82, 2.24) is 5.32 Å². The number of rotatable bonds is 3. The summed E-state index contributed by atoms with van der Waals surface area (Å²) in [6.45, 7) is 0.666. The molecule has 0 saturated carbocycles. The summed E-state index contributed by atoms with van der Waals surface area (Å²) in [5, 5.41) is 5.52. The molecule has 3 rings (SSSR count). The largest absolute Gasteiger partial charge is 0.326 e. The highest BCUT2D eigenvalue weighted by Crippen LogP contribution is 2.23. The van der Waals surface area contributed by atoms with Crippen molar-refractivity contribution in [2.24, 2.45) is 0 Å². The normalized spacial score (nSPS) is 17.5. The molecule has 1 fully saturated rings. The van der Waals surface area contributed by atoms with Crippen molar-refractivity contribution in [2.45, 2.75) is 18.9 Å². The molecule has 0 spiro atoms. The molecule has 6 heteroatoms. The Morgan fingerprint density at radius 2 is 1.79 bits per heavy atom. The van der Waals surface area contributed by atoms with E-state index in [1.165, 1.54) is 0 Å². The number of halogens is 1. The third kappa shape index (κ3) is 3.94. The summed E-state index contributed by atoms with van der Waals surface area (Å²) in [5.74, 6) is -0.0771. The van der Waals surface area contributed by atoms with Gasteiger partial charge in [0, 0.05) is 22.4 Å². The first-order valence-electron chi connectivity index (χ1n) is 7.83. The molecule has 0 bridgehead atoms. The molecule has 2 aromatic carbocycles. The van der Waals surface area contributed by atoms with Gasteiger partial charge in [-0.3, -0.25) is 4.79 Å². The van der Waals surface area contributed by atoms with Gasteiger partial charge in [0.2, 0.25) is 5.91 Å². The van der Waals surface area contributed by atoms with Gasteiger partial charge in [-0.1, -0.05) is 34.1 Å². The first kappa shape index (κ1) is 16.5. The molecule has 2 N–H and O–H groups in total. The van der Waals surface area contributed by atoms with Crippen LogP contribution in [-0.2, 0) is 4.79 Å². The van der Waals surface area contributed by atoms with Crippen LogP contribution in [-0.4, -0.2) is 24.5 Å². The maximum Gasteiger partial charge on any atom is 0.319 e. The SMILES string of the molecule is O=C(Nc1ccccc1)NC1CCCN(c2ccc(Br)cc2)C1=O. The zero-order chi connectivity index (χ0) is 16.9. The van der Waals surface area contributed by atoms with Crippen LogP contribution in [0.15, 0.2) is 59.1 Å². The van der Waals surface area contributed by atoms with Crippen molar-refractivity contribution in [1.29, 1.82) is 0 Å². The molecule has 0 aromatic heterocycles. The quantitative estimate of drug-likeness (QED) is 0.841. The summed E-state index contributed by atoms with van der Waals surface area (Å²) in [6, 6.07) is 15.9. The lowest BCUT2D eigenvalue weighted by Crippen LogP contribution is -2.53. The fraction of sp³-hybridized carbons (Fsp3) is 0.222. The standard InChI is InChI=1S/C18H18BrN3O2/c19-13-8-10-15(11-9-13)22-12-4-7-16(17(22)23)21-18(24)20-14-5-2-1-3-6-14/h1-3,5-6,8-11,16H,4,7,12H2,(H2,20,21,24). The minimum absolute atomic E-state index is 0.0771. The Kier molecular flexibility index (Phi) is 5.15. The van der Waals surface area contributed by atoms with Gasteiger partial charge in [0.05, 0.1) is 0 Å². The highest BCUT2D eigenvalue weighted by Gasteiger charge is 2.30. The third-order valence-electron chi connectivity index (χ3n) is 3.91.